The summed E-state index contributed by atoms with van der Waals surface area (Å²) in [7, 11) is 0. The van der Waals surface area contributed by atoms with Gasteiger partial charge in [-0.2, -0.15) is 0 Å². The highest BCUT2D eigenvalue weighted by Gasteiger charge is 2.14. The Morgan fingerprint density at radius 2 is 1.44 bits per heavy atom. The molecule has 2 nitrogen and oxygen atoms in total. The number of allylic oxidation sites excluding steroid dienone is 2. The Hall–Kier alpha value is -3.52. The van der Waals surface area contributed by atoms with Crippen LogP contribution in [0.4, 0.5) is 0 Å². The third-order valence-corrected chi connectivity index (χ3v) is 6.65. The molecule has 1 unspecified atom stereocenters. The van der Waals surface area contributed by atoms with Crippen LogP contribution in [0.3, 0.4) is 0 Å². The molecule has 41 heavy (non-hydrogen) atoms. The molecule has 0 amide bonds. The van der Waals surface area contributed by atoms with E-state index in [0.29, 0.717) is 11.8 Å². The first-order chi connectivity index (χ1) is 19.7. The molecule has 0 aliphatic carbocycles. The Morgan fingerprint density at radius 3 is 2.00 bits per heavy atom. The van der Waals surface area contributed by atoms with E-state index in [4.69, 9.17) is 0 Å². The maximum atomic E-state index is 4.61. The lowest BCUT2D eigenvalue weighted by Crippen LogP contribution is -2.16. The largest absolute Gasteiger partial charge is 0.405 e. The number of nitrogens with one attached hydrogen (secondary N) is 1. The lowest BCUT2D eigenvalue weighted by molar-refractivity contribution is 0.438. The minimum atomic E-state index is 0.585. The first-order valence-electron chi connectivity index (χ1n) is 15.3. The van der Waals surface area contributed by atoms with E-state index >= 15 is 0 Å². The monoisotopic (exact) mass is 552 g/mol. The molecule has 0 fully saturated rings. The Bertz CT molecular complexity index is 1130. The van der Waals surface area contributed by atoms with E-state index in [1.54, 1.807) is 0 Å². The molecule has 0 radical (unpaired) electrons. The summed E-state index contributed by atoms with van der Waals surface area (Å²) in [5, 5.41) is 3.56. The van der Waals surface area contributed by atoms with Crippen molar-refractivity contribution in [2.24, 2.45) is 17.6 Å². The molecule has 0 saturated carbocycles. The van der Waals surface area contributed by atoms with Gasteiger partial charge in [-0.05, 0) is 91.3 Å². The molecule has 0 heterocycles. The summed E-state index contributed by atoms with van der Waals surface area (Å²) < 4.78 is 0. The maximum Gasteiger partial charge on any atom is 0.0397 e. The van der Waals surface area contributed by atoms with Crippen molar-refractivity contribution in [3.63, 3.8) is 0 Å². The minimum Gasteiger partial charge on any atom is -0.405 e. The van der Waals surface area contributed by atoms with Gasteiger partial charge in [0.2, 0.25) is 0 Å². The fraction of sp³-hybridized carbons (Fsp3) is 0.385. The van der Waals surface area contributed by atoms with Crippen molar-refractivity contribution < 1.29 is 0 Å². The average molecular weight is 553 g/mol. The van der Waals surface area contributed by atoms with E-state index < -0.39 is 0 Å². The predicted octanol–water partition coefficient (Wildman–Crippen LogP) is 10.8. The first kappa shape index (κ1) is 35.5. The average Bonchev–Trinajstić information content (AvgIpc) is 2.93. The van der Waals surface area contributed by atoms with Gasteiger partial charge in [0.15, 0.2) is 0 Å². The zero-order valence-electron chi connectivity index (χ0n) is 26.6. The van der Waals surface area contributed by atoms with Crippen LogP contribution in [0.5, 0.6) is 0 Å². The summed E-state index contributed by atoms with van der Waals surface area (Å²) >= 11 is 0. The van der Waals surface area contributed by atoms with Crippen LogP contribution in [0.2, 0.25) is 0 Å². The fourth-order valence-corrected chi connectivity index (χ4v) is 5.01. The van der Waals surface area contributed by atoms with E-state index in [-0.39, 0.29) is 0 Å². The van der Waals surface area contributed by atoms with E-state index in [0.717, 1.165) is 37.9 Å². The Morgan fingerprint density at radius 1 is 0.854 bits per heavy atom. The lowest BCUT2D eigenvalue weighted by Gasteiger charge is -2.21. The molecule has 3 N–H and O–H groups in total. The van der Waals surface area contributed by atoms with E-state index in [1.807, 2.05) is 0 Å². The predicted molar refractivity (Wildman–Crippen MR) is 184 cm³/mol. The first-order valence-corrected chi connectivity index (χ1v) is 15.3. The summed E-state index contributed by atoms with van der Waals surface area (Å²) in [6.45, 7) is 23.8. The van der Waals surface area contributed by atoms with Gasteiger partial charge >= 0.3 is 0 Å². The summed E-state index contributed by atoms with van der Waals surface area (Å²) in [5.74, 6) is 1.25. The number of nitrogens with two attached hydrogens (primary N) is 1. The second-order valence-electron chi connectivity index (χ2n) is 11.4. The quantitative estimate of drug-likeness (QED) is 0.195. The van der Waals surface area contributed by atoms with Crippen molar-refractivity contribution in [3.8, 4) is 11.1 Å². The van der Waals surface area contributed by atoms with E-state index in [9.17, 15) is 0 Å². The molecule has 0 aliphatic heterocycles. The maximum absolute atomic E-state index is 4.61. The van der Waals surface area contributed by atoms with Crippen molar-refractivity contribution in [1.82, 2.24) is 5.32 Å². The van der Waals surface area contributed by atoms with Crippen LogP contribution >= 0.6 is 0 Å². The van der Waals surface area contributed by atoms with Gasteiger partial charge in [-0.15, -0.1) is 0 Å². The van der Waals surface area contributed by atoms with Crippen molar-refractivity contribution in [2.45, 2.75) is 86.1 Å². The summed E-state index contributed by atoms with van der Waals surface area (Å²) in [5.41, 5.74) is 13.8. The zero-order chi connectivity index (χ0) is 30.5. The van der Waals surface area contributed by atoms with Gasteiger partial charge in [0.05, 0.1) is 0 Å². The van der Waals surface area contributed by atoms with Crippen LogP contribution in [0, 0.1) is 18.8 Å². The van der Waals surface area contributed by atoms with Gasteiger partial charge in [0.1, 0.15) is 0 Å². The summed E-state index contributed by atoms with van der Waals surface area (Å²) in [6, 6.07) is 28.2. The Balaban J connectivity index is 0.00000129. The van der Waals surface area contributed by atoms with Crippen LogP contribution in [-0.2, 0) is 13.0 Å². The third-order valence-electron chi connectivity index (χ3n) is 6.65. The zero-order valence-corrected chi connectivity index (χ0v) is 26.6. The van der Waals surface area contributed by atoms with Gasteiger partial charge in [-0.3, -0.25) is 0 Å². The van der Waals surface area contributed by atoms with Crippen LogP contribution in [0.25, 0.3) is 11.1 Å². The van der Waals surface area contributed by atoms with E-state index in [2.05, 4.69) is 144 Å². The highest BCUT2D eigenvalue weighted by atomic mass is 14.9. The summed E-state index contributed by atoms with van der Waals surface area (Å²) in [6.07, 6.45) is 9.22. The van der Waals surface area contributed by atoms with Gasteiger partial charge in [0, 0.05) is 12.2 Å². The van der Waals surface area contributed by atoms with Crippen LogP contribution in [0.1, 0.15) is 82.9 Å². The van der Waals surface area contributed by atoms with Gasteiger partial charge in [0.25, 0.3) is 0 Å². The highest BCUT2D eigenvalue weighted by Crippen LogP contribution is 2.28. The standard InChI is InChI=1S/C34H43N.C3H8.C2H5N/c1-26(2)21-27(3)22-32(24-29(5)35-25-31-13-8-6-9-14-31)16-12-15-30-19-20-34(28(4)23-30)33-17-10-7-11-18-33;1-3-2;1-2-3/h6-11,13-14,17-20,23,26,32,35H,3,5,12,15-16,21-22,24-25H2,1-2,4H3;3H2,1-2H3;2H,1,3H2. The lowest BCUT2D eigenvalue weighted by atomic mass is 9.87. The van der Waals surface area contributed by atoms with Crippen molar-refractivity contribution >= 4 is 0 Å². The second-order valence-corrected chi connectivity index (χ2v) is 11.4. The fourth-order valence-electron chi connectivity index (χ4n) is 5.01. The number of hydrogen-bond acceptors (Lipinski definition) is 2. The molecule has 3 aromatic carbocycles. The Labute approximate surface area is 252 Å². The van der Waals surface area contributed by atoms with Crippen LogP contribution in [0.15, 0.2) is 116 Å². The molecular weight excluding hydrogens is 496 g/mol. The van der Waals surface area contributed by atoms with Gasteiger partial charge in [-0.25, -0.2) is 0 Å². The number of aryl methyl sites for hydroxylation is 2. The molecule has 222 valence electrons. The van der Waals surface area contributed by atoms with Crippen molar-refractivity contribution in [3.05, 3.63) is 133 Å². The number of hydrogen-bond donors (Lipinski definition) is 2. The molecule has 0 saturated heterocycles. The number of rotatable bonds is 14. The SMILES string of the molecule is C=C(CC(C)C)CC(CCCc1ccc(-c2ccccc2)c(C)c1)CC(=C)NCc1ccccc1.C=CN.CCC. The molecule has 3 aromatic rings. The summed E-state index contributed by atoms with van der Waals surface area (Å²) in [4.78, 5) is 0. The van der Waals surface area contributed by atoms with Crippen molar-refractivity contribution in [2.75, 3.05) is 0 Å². The normalized spacial score (nSPS) is 10.9. The highest BCUT2D eigenvalue weighted by molar-refractivity contribution is 5.67. The molecule has 2 heteroatoms. The van der Waals surface area contributed by atoms with Gasteiger partial charge < -0.3 is 11.1 Å². The third kappa shape index (κ3) is 15.7. The van der Waals surface area contributed by atoms with Crippen LogP contribution < -0.4 is 11.1 Å². The topological polar surface area (TPSA) is 38.0 Å². The number of benzene rings is 3. The second kappa shape index (κ2) is 21.3. The Kier molecular flexibility index (Phi) is 18.4. The molecular formula is C39H56N2. The molecule has 0 aliphatic rings. The van der Waals surface area contributed by atoms with Crippen molar-refractivity contribution in [1.29, 1.82) is 0 Å². The smallest absolute Gasteiger partial charge is 0.0397 e. The van der Waals surface area contributed by atoms with Crippen LogP contribution in [-0.4, -0.2) is 0 Å². The molecule has 3 rings (SSSR count). The molecule has 0 spiro atoms. The van der Waals surface area contributed by atoms with Gasteiger partial charge in [-0.1, -0.05) is 138 Å². The molecule has 1 atom stereocenters. The minimum absolute atomic E-state index is 0.585. The van der Waals surface area contributed by atoms with E-state index in [1.165, 1.54) is 58.9 Å². The molecule has 0 aromatic heterocycles. The molecule has 0 bridgehead atoms.